The highest BCUT2D eigenvalue weighted by atomic mass is 16.4. The molecule has 0 heterocycles. The zero-order valence-corrected chi connectivity index (χ0v) is 10.4. The van der Waals surface area contributed by atoms with Crippen LogP contribution in [0.4, 0.5) is 0 Å². The molecule has 1 aliphatic carbocycles. The smallest absolute Gasteiger partial charge is 0.307 e. The molecule has 2 nitrogen and oxygen atoms in total. The fourth-order valence-corrected chi connectivity index (χ4v) is 2.35. The van der Waals surface area contributed by atoms with Crippen LogP contribution in [0.5, 0.6) is 0 Å². The van der Waals surface area contributed by atoms with Crippen molar-refractivity contribution in [3.8, 4) is 0 Å². The summed E-state index contributed by atoms with van der Waals surface area (Å²) in [4.78, 5) is 10.8. The number of carboxylic acids is 1. The van der Waals surface area contributed by atoms with E-state index >= 15 is 0 Å². The predicted octanol–water partition coefficient (Wildman–Crippen LogP) is 3.61. The highest BCUT2D eigenvalue weighted by Crippen LogP contribution is 2.47. The SMILES string of the molecule is CCCCCc1ccc(C2CC2C(=O)O)cc1. The third-order valence-electron chi connectivity index (χ3n) is 3.58. The second-order valence-corrected chi connectivity index (χ2v) is 4.99. The summed E-state index contributed by atoms with van der Waals surface area (Å²) in [7, 11) is 0. The van der Waals surface area contributed by atoms with Gasteiger partial charge in [-0.1, -0.05) is 44.0 Å². The van der Waals surface area contributed by atoms with Crippen molar-refractivity contribution >= 4 is 5.97 Å². The first-order chi connectivity index (χ1) is 8.22. The minimum Gasteiger partial charge on any atom is -0.481 e. The van der Waals surface area contributed by atoms with Crippen molar-refractivity contribution in [1.29, 1.82) is 0 Å². The third kappa shape index (κ3) is 3.09. The van der Waals surface area contributed by atoms with Gasteiger partial charge in [-0.25, -0.2) is 0 Å². The van der Waals surface area contributed by atoms with E-state index in [1.165, 1.54) is 30.4 Å². The van der Waals surface area contributed by atoms with Crippen molar-refractivity contribution in [3.63, 3.8) is 0 Å². The Bertz CT molecular complexity index is 380. The van der Waals surface area contributed by atoms with Gasteiger partial charge in [-0.2, -0.15) is 0 Å². The van der Waals surface area contributed by atoms with Gasteiger partial charge in [0.05, 0.1) is 5.92 Å². The zero-order chi connectivity index (χ0) is 12.3. The van der Waals surface area contributed by atoms with Crippen molar-refractivity contribution in [3.05, 3.63) is 35.4 Å². The fraction of sp³-hybridized carbons (Fsp3) is 0.533. The Labute approximate surface area is 103 Å². The van der Waals surface area contributed by atoms with Gasteiger partial charge in [0.2, 0.25) is 0 Å². The highest BCUT2D eigenvalue weighted by molar-refractivity contribution is 5.75. The monoisotopic (exact) mass is 232 g/mol. The summed E-state index contributed by atoms with van der Waals surface area (Å²) in [5.41, 5.74) is 2.56. The Morgan fingerprint density at radius 1 is 1.29 bits per heavy atom. The maximum atomic E-state index is 10.8. The molecule has 0 radical (unpaired) electrons. The number of carbonyl (C=O) groups is 1. The summed E-state index contributed by atoms with van der Waals surface area (Å²) >= 11 is 0. The molecule has 0 aromatic heterocycles. The van der Waals surface area contributed by atoms with Gasteiger partial charge in [-0.15, -0.1) is 0 Å². The van der Waals surface area contributed by atoms with Gasteiger partial charge in [0, 0.05) is 0 Å². The fourth-order valence-electron chi connectivity index (χ4n) is 2.35. The number of unbranched alkanes of at least 4 members (excludes halogenated alkanes) is 2. The minimum atomic E-state index is -0.651. The molecule has 2 atom stereocenters. The number of rotatable bonds is 6. The molecule has 17 heavy (non-hydrogen) atoms. The normalized spacial score (nSPS) is 22.4. The summed E-state index contributed by atoms with van der Waals surface area (Å²) < 4.78 is 0. The Morgan fingerprint density at radius 2 is 2.00 bits per heavy atom. The van der Waals surface area contributed by atoms with Gasteiger partial charge in [0.1, 0.15) is 0 Å². The van der Waals surface area contributed by atoms with Crippen LogP contribution < -0.4 is 0 Å². The number of carboxylic acid groups (broad SMARTS) is 1. The van der Waals surface area contributed by atoms with Gasteiger partial charge in [0.15, 0.2) is 0 Å². The van der Waals surface area contributed by atoms with Crippen LogP contribution in [-0.2, 0) is 11.2 Å². The predicted molar refractivity (Wildman–Crippen MR) is 68.2 cm³/mol. The van der Waals surface area contributed by atoms with Crippen molar-refractivity contribution in [2.45, 2.75) is 44.9 Å². The van der Waals surface area contributed by atoms with E-state index in [4.69, 9.17) is 5.11 Å². The molecule has 2 unspecified atom stereocenters. The molecule has 1 N–H and O–H groups in total. The molecule has 0 spiro atoms. The van der Waals surface area contributed by atoms with Crippen molar-refractivity contribution in [1.82, 2.24) is 0 Å². The Hall–Kier alpha value is -1.31. The number of benzene rings is 1. The van der Waals surface area contributed by atoms with Crippen molar-refractivity contribution in [2.75, 3.05) is 0 Å². The molecule has 1 aliphatic rings. The lowest BCUT2D eigenvalue weighted by Crippen LogP contribution is -1.98. The number of aryl methyl sites for hydroxylation is 1. The first kappa shape index (κ1) is 12.2. The quantitative estimate of drug-likeness (QED) is 0.761. The summed E-state index contributed by atoms with van der Waals surface area (Å²) in [5, 5.41) is 8.88. The van der Waals surface area contributed by atoms with Crippen LogP contribution in [0.15, 0.2) is 24.3 Å². The molecule has 92 valence electrons. The van der Waals surface area contributed by atoms with E-state index in [2.05, 4.69) is 31.2 Å². The lowest BCUT2D eigenvalue weighted by Gasteiger charge is -2.03. The van der Waals surface area contributed by atoms with Crippen molar-refractivity contribution < 1.29 is 9.90 Å². The first-order valence-electron chi connectivity index (χ1n) is 6.54. The van der Waals surface area contributed by atoms with Crippen LogP contribution >= 0.6 is 0 Å². The molecule has 0 bridgehead atoms. The topological polar surface area (TPSA) is 37.3 Å². The van der Waals surface area contributed by atoms with E-state index in [1.807, 2.05) is 0 Å². The maximum absolute atomic E-state index is 10.8. The van der Waals surface area contributed by atoms with Crippen molar-refractivity contribution in [2.24, 2.45) is 5.92 Å². The van der Waals surface area contributed by atoms with Gasteiger partial charge in [-0.05, 0) is 36.3 Å². The van der Waals surface area contributed by atoms with Gasteiger partial charge < -0.3 is 5.11 Å². The van der Waals surface area contributed by atoms with Crippen LogP contribution in [-0.4, -0.2) is 11.1 Å². The summed E-state index contributed by atoms with van der Waals surface area (Å²) in [6, 6.07) is 8.52. The molecule has 2 heteroatoms. The summed E-state index contributed by atoms with van der Waals surface area (Å²) in [6.45, 7) is 2.21. The third-order valence-corrected chi connectivity index (χ3v) is 3.58. The molecule has 1 fully saturated rings. The van der Waals surface area contributed by atoms with E-state index in [0.29, 0.717) is 0 Å². The number of hydrogen-bond acceptors (Lipinski definition) is 1. The molecular formula is C15H20O2. The minimum absolute atomic E-state index is 0.138. The van der Waals surface area contributed by atoms with E-state index in [1.54, 1.807) is 0 Å². The van der Waals surface area contributed by atoms with E-state index in [9.17, 15) is 4.79 Å². The van der Waals surface area contributed by atoms with Crippen LogP contribution in [0, 0.1) is 5.92 Å². The summed E-state index contributed by atoms with van der Waals surface area (Å²) in [6.07, 6.45) is 5.73. The van der Waals surface area contributed by atoms with Gasteiger partial charge >= 0.3 is 5.97 Å². The Balaban J connectivity index is 1.88. The second kappa shape index (κ2) is 5.35. The van der Waals surface area contributed by atoms with Gasteiger partial charge in [-0.3, -0.25) is 4.79 Å². The van der Waals surface area contributed by atoms with Crippen LogP contribution in [0.25, 0.3) is 0 Å². The zero-order valence-electron chi connectivity index (χ0n) is 10.4. The van der Waals surface area contributed by atoms with Crippen LogP contribution in [0.2, 0.25) is 0 Å². The molecular weight excluding hydrogens is 212 g/mol. The number of hydrogen-bond donors (Lipinski definition) is 1. The second-order valence-electron chi connectivity index (χ2n) is 4.99. The Kier molecular flexibility index (Phi) is 3.82. The molecule has 0 amide bonds. The van der Waals surface area contributed by atoms with E-state index in [0.717, 1.165) is 12.8 Å². The highest BCUT2D eigenvalue weighted by Gasteiger charge is 2.43. The molecule has 1 aromatic carbocycles. The van der Waals surface area contributed by atoms with Gasteiger partial charge in [0.25, 0.3) is 0 Å². The van der Waals surface area contributed by atoms with Crippen LogP contribution in [0.1, 0.15) is 49.7 Å². The largest absolute Gasteiger partial charge is 0.481 e. The maximum Gasteiger partial charge on any atom is 0.307 e. The lowest BCUT2D eigenvalue weighted by molar-refractivity contribution is -0.138. The molecule has 2 rings (SSSR count). The number of aliphatic carboxylic acids is 1. The molecule has 1 saturated carbocycles. The van der Waals surface area contributed by atoms with E-state index < -0.39 is 5.97 Å². The lowest BCUT2D eigenvalue weighted by atomic mass is 10.0. The molecule has 0 aliphatic heterocycles. The standard InChI is InChI=1S/C15H20O2/c1-2-3-4-5-11-6-8-12(9-7-11)13-10-14(13)15(16)17/h6-9,13-14H,2-5,10H2,1H3,(H,16,17). The van der Waals surface area contributed by atoms with E-state index in [-0.39, 0.29) is 11.8 Å². The average molecular weight is 232 g/mol. The average Bonchev–Trinajstić information content (AvgIpc) is 3.10. The Morgan fingerprint density at radius 3 is 2.53 bits per heavy atom. The molecule has 0 saturated heterocycles. The molecule has 1 aromatic rings. The van der Waals surface area contributed by atoms with Crippen LogP contribution in [0.3, 0.4) is 0 Å². The first-order valence-corrected chi connectivity index (χ1v) is 6.54. The summed E-state index contributed by atoms with van der Waals surface area (Å²) in [5.74, 6) is -0.528.